The molecular weight excluding hydrogens is 400 g/mol. The van der Waals surface area contributed by atoms with E-state index in [4.69, 9.17) is 16.3 Å². The van der Waals surface area contributed by atoms with Crippen LogP contribution < -0.4 is 10.2 Å². The van der Waals surface area contributed by atoms with Crippen LogP contribution in [0.4, 0.5) is 0 Å². The van der Waals surface area contributed by atoms with E-state index in [1.165, 1.54) is 30.0 Å². The minimum absolute atomic E-state index is 0.0819. The number of benzene rings is 3. The highest BCUT2D eigenvalue weighted by atomic mass is 35.5. The van der Waals surface area contributed by atoms with Crippen LogP contribution in [0.3, 0.4) is 0 Å². The smallest absolute Gasteiger partial charge is 0.271 e. The van der Waals surface area contributed by atoms with Crippen molar-refractivity contribution < 1.29 is 14.6 Å². The molecule has 154 valence electrons. The second-order valence-electron chi connectivity index (χ2n) is 7.81. The third-order valence-electron chi connectivity index (χ3n) is 4.40. The predicted octanol–water partition coefficient (Wildman–Crippen LogP) is 5.90. The van der Waals surface area contributed by atoms with E-state index in [0.29, 0.717) is 11.3 Å². The molecule has 0 bridgehead atoms. The predicted molar refractivity (Wildman–Crippen MR) is 120 cm³/mol. The molecule has 0 fully saturated rings. The first-order valence-corrected chi connectivity index (χ1v) is 9.80. The fourth-order valence-electron chi connectivity index (χ4n) is 2.70. The fourth-order valence-corrected chi connectivity index (χ4v) is 2.88. The average molecular weight is 423 g/mol. The monoisotopic (exact) mass is 422 g/mol. The van der Waals surface area contributed by atoms with Crippen LogP contribution in [0.15, 0.2) is 71.8 Å². The summed E-state index contributed by atoms with van der Waals surface area (Å²) in [5, 5.41) is 13.5. The zero-order valence-corrected chi connectivity index (χ0v) is 17.8. The summed E-state index contributed by atoms with van der Waals surface area (Å²) in [5.74, 6) is 0.898. The van der Waals surface area contributed by atoms with Gasteiger partial charge in [-0.2, -0.15) is 5.10 Å². The maximum atomic E-state index is 12.1. The van der Waals surface area contributed by atoms with Gasteiger partial charge in [0.2, 0.25) is 0 Å². The largest absolute Gasteiger partial charge is 0.506 e. The van der Waals surface area contributed by atoms with E-state index in [9.17, 15) is 9.90 Å². The molecule has 0 aliphatic heterocycles. The topological polar surface area (TPSA) is 70.9 Å². The van der Waals surface area contributed by atoms with Crippen molar-refractivity contribution in [1.29, 1.82) is 0 Å². The molecule has 0 unspecified atom stereocenters. The standard InChI is InChI=1S/C24H23ClN2O3/c1-24(2,3)18-8-10-19(11-9-18)30-20-6-4-5-16(13-20)15-26-27-23(29)17-7-12-22(28)21(25)14-17/h4-15,28H,1-3H3,(H,27,29)/b26-15+. The van der Waals surface area contributed by atoms with Gasteiger partial charge in [-0.05, 0) is 59.0 Å². The number of hydrazone groups is 1. The molecule has 3 aromatic rings. The lowest BCUT2D eigenvalue weighted by Gasteiger charge is -2.19. The van der Waals surface area contributed by atoms with Gasteiger partial charge in [-0.1, -0.05) is 56.6 Å². The lowest BCUT2D eigenvalue weighted by atomic mass is 9.87. The van der Waals surface area contributed by atoms with Crippen LogP contribution in [0.25, 0.3) is 0 Å². The lowest BCUT2D eigenvalue weighted by Crippen LogP contribution is -2.17. The highest BCUT2D eigenvalue weighted by Gasteiger charge is 2.13. The van der Waals surface area contributed by atoms with E-state index in [-0.39, 0.29) is 16.2 Å². The summed E-state index contributed by atoms with van der Waals surface area (Å²) >= 11 is 5.82. The molecule has 0 heterocycles. The number of hydrogen-bond acceptors (Lipinski definition) is 4. The van der Waals surface area contributed by atoms with Crippen molar-refractivity contribution in [3.05, 3.63) is 88.4 Å². The number of rotatable bonds is 5. The quantitative estimate of drug-likeness (QED) is 0.397. The van der Waals surface area contributed by atoms with Crippen molar-refractivity contribution in [3.8, 4) is 17.2 Å². The number of hydrogen-bond donors (Lipinski definition) is 2. The molecule has 6 heteroatoms. The molecule has 3 rings (SSSR count). The summed E-state index contributed by atoms with van der Waals surface area (Å²) in [4.78, 5) is 12.1. The van der Waals surface area contributed by atoms with Gasteiger partial charge in [0.25, 0.3) is 5.91 Å². The minimum atomic E-state index is -0.431. The molecule has 0 radical (unpaired) electrons. The average Bonchev–Trinajstić information content (AvgIpc) is 2.70. The summed E-state index contributed by atoms with van der Waals surface area (Å²) < 4.78 is 5.92. The lowest BCUT2D eigenvalue weighted by molar-refractivity contribution is 0.0955. The molecule has 1 amide bonds. The molecular formula is C24H23ClN2O3. The maximum Gasteiger partial charge on any atom is 0.271 e. The number of nitrogens with one attached hydrogen (secondary N) is 1. The van der Waals surface area contributed by atoms with Crippen LogP contribution in [0.2, 0.25) is 5.02 Å². The highest BCUT2D eigenvalue weighted by molar-refractivity contribution is 6.32. The van der Waals surface area contributed by atoms with Gasteiger partial charge in [-0.25, -0.2) is 5.43 Å². The zero-order valence-electron chi connectivity index (χ0n) is 17.0. The van der Waals surface area contributed by atoms with Crippen LogP contribution in [0, 0.1) is 0 Å². The summed E-state index contributed by atoms with van der Waals surface area (Å²) in [5.41, 5.74) is 4.82. The van der Waals surface area contributed by atoms with E-state index >= 15 is 0 Å². The summed E-state index contributed by atoms with van der Waals surface area (Å²) in [6, 6.07) is 19.6. The van der Waals surface area contributed by atoms with Crippen molar-refractivity contribution >= 4 is 23.7 Å². The number of carbonyl (C=O) groups is 1. The Morgan fingerprint density at radius 1 is 1.03 bits per heavy atom. The van der Waals surface area contributed by atoms with Gasteiger partial charge in [0.05, 0.1) is 11.2 Å². The molecule has 0 saturated carbocycles. The Kier molecular flexibility index (Phi) is 6.43. The second kappa shape index (κ2) is 9.01. The molecule has 0 atom stereocenters. The van der Waals surface area contributed by atoms with Crippen LogP contribution in [-0.2, 0) is 5.41 Å². The molecule has 3 aromatic carbocycles. The van der Waals surface area contributed by atoms with Crippen molar-refractivity contribution in [1.82, 2.24) is 5.43 Å². The Hall–Kier alpha value is -3.31. The Morgan fingerprint density at radius 2 is 1.77 bits per heavy atom. The third kappa shape index (κ3) is 5.61. The first-order valence-electron chi connectivity index (χ1n) is 9.43. The van der Waals surface area contributed by atoms with E-state index in [1.54, 1.807) is 0 Å². The van der Waals surface area contributed by atoms with E-state index < -0.39 is 5.91 Å². The summed E-state index contributed by atoms with van der Waals surface area (Å²) in [6.45, 7) is 6.50. The first-order chi connectivity index (χ1) is 14.2. The number of aromatic hydroxyl groups is 1. The van der Waals surface area contributed by atoms with Gasteiger partial charge in [0, 0.05) is 5.56 Å². The van der Waals surface area contributed by atoms with Gasteiger partial charge < -0.3 is 9.84 Å². The van der Waals surface area contributed by atoms with E-state index in [1.807, 2.05) is 36.4 Å². The number of phenolic OH excluding ortho intramolecular Hbond substituents is 1. The fraction of sp³-hybridized carbons (Fsp3) is 0.167. The Labute approximate surface area is 181 Å². The third-order valence-corrected chi connectivity index (χ3v) is 4.71. The maximum absolute atomic E-state index is 12.1. The summed E-state index contributed by atoms with van der Waals surface area (Å²) in [6.07, 6.45) is 1.52. The first kappa shape index (κ1) is 21.4. The molecule has 0 saturated heterocycles. The highest BCUT2D eigenvalue weighted by Crippen LogP contribution is 2.27. The normalized spacial score (nSPS) is 11.5. The number of phenols is 1. The van der Waals surface area contributed by atoms with Crippen LogP contribution in [0.1, 0.15) is 42.3 Å². The van der Waals surface area contributed by atoms with Crippen molar-refractivity contribution in [2.75, 3.05) is 0 Å². The van der Waals surface area contributed by atoms with E-state index in [0.717, 1.165) is 11.3 Å². The van der Waals surface area contributed by atoms with Gasteiger partial charge in [-0.15, -0.1) is 0 Å². The zero-order chi connectivity index (χ0) is 21.7. The molecule has 0 aliphatic rings. The number of halogens is 1. The van der Waals surface area contributed by atoms with Crippen LogP contribution >= 0.6 is 11.6 Å². The van der Waals surface area contributed by atoms with Crippen LogP contribution in [-0.4, -0.2) is 17.2 Å². The van der Waals surface area contributed by atoms with Gasteiger partial charge >= 0.3 is 0 Å². The molecule has 0 spiro atoms. The number of ether oxygens (including phenoxy) is 1. The second-order valence-corrected chi connectivity index (χ2v) is 8.22. The number of nitrogens with zero attached hydrogens (tertiary/aromatic N) is 1. The molecule has 5 nitrogen and oxygen atoms in total. The molecule has 30 heavy (non-hydrogen) atoms. The number of amides is 1. The van der Waals surface area contributed by atoms with Crippen molar-refractivity contribution in [2.45, 2.75) is 26.2 Å². The van der Waals surface area contributed by atoms with Crippen LogP contribution in [0.5, 0.6) is 17.2 Å². The van der Waals surface area contributed by atoms with Gasteiger partial charge in [0.1, 0.15) is 17.2 Å². The minimum Gasteiger partial charge on any atom is -0.506 e. The Balaban J connectivity index is 1.63. The van der Waals surface area contributed by atoms with Gasteiger partial charge in [-0.3, -0.25) is 4.79 Å². The van der Waals surface area contributed by atoms with Crippen molar-refractivity contribution in [2.24, 2.45) is 5.10 Å². The number of carbonyl (C=O) groups excluding carboxylic acids is 1. The van der Waals surface area contributed by atoms with E-state index in [2.05, 4.69) is 43.4 Å². The SMILES string of the molecule is CC(C)(C)c1ccc(Oc2cccc(/C=N/NC(=O)c3ccc(O)c(Cl)c3)c2)cc1. The Morgan fingerprint density at radius 3 is 2.43 bits per heavy atom. The molecule has 0 aromatic heterocycles. The Bertz CT molecular complexity index is 1070. The van der Waals surface area contributed by atoms with Gasteiger partial charge in [0.15, 0.2) is 0 Å². The van der Waals surface area contributed by atoms with Crippen molar-refractivity contribution in [3.63, 3.8) is 0 Å². The molecule has 0 aliphatic carbocycles. The molecule has 2 N–H and O–H groups in total. The summed E-state index contributed by atoms with van der Waals surface area (Å²) in [7, 11) is 0.